The summed E-state index contributed by atoms with van der Waals surface area (Å²) in [7, 11) is 0. The number of rotatable bonds is 16. The van der Waals surface area contributed by atoms with Crippen LogP contribution >= 0.6 is 0 Å². The molecule has 0 saturated heterocycles. The van der Waals surface area contributed by atoms with Crippen LogP contribution in [0.5, 0.6) is 5.75 Å². The number of hydrogen-bond acceptors (Lipinski definition) is 8. The van der Waals surface area contributed by atoms with E-state index in [1.807, 2.05) is 25.1 Å². The zero-order chi connectivity index (χ0) is 37.7. The number of aliphatic carboxylic acids is 1. The highest BCUT2D eigenvalue weighted by Crippen LogP contribution is 2.39. The Morgan fingerprint density at radius 2 is 1.77 bits per heavy atom. The van der Waals surface area contributed by atoms with E-state index in [-0.39, 0.29) is 43.0 Å². The predicted octanol–water partition coefficient (Wildman–Crippen LogP) is 5.48. The van der Waals surface area contributed by atoms with Crippen molar-refractivity contribution in [3.05, 3.63) is 88.5 Å². The summed E-state index contributed by atoms with van der Waals surface area (Å²) in [4.78, 5) is 11.3. The quantitative estimate of drug-likeness (QED) is 0.0828. The highest BCUT2D eigenvalue weighted by molar-refractivity contribution is 5.66. The van der Waals surface area contributed by atoms with E-state index in [0.29, 0.717) is 32.1 Å². The van der Waals surface area contributed by atoms with Crippen LogP contribution in [0, 0.1) is 17.8 Å². The minimum Gasteiger partial charge on any atom is -0.508 e. The molecule has 2 aromatic carbocycles. The van der Waals surface area contributed by atoms with Crippen molar-refractivity contribution in [3.8, 4) is 17.6 Å². The Balaban J connectivity index is 1.91. The molecule has 0 saturated carbocycles. The molecule has 1 aliphatic carbocycles. The van der Waals surface area contributed by atoms with Crippen LogP contribution in [-0.2, 0) is 11.2 Å². The van der Waals surface area contributed by atoms with Crippen LogP contribution in [0.25, 0.3) is 0 Å². The molecular weight excluding hydrogens is 658 g/mol. The number of aromatic hydroxyl groups is 1. The number of phenols is 1. The van der Waals surface area contributed by atoms with Gasteiger partial charge < -0.3 is 41.1 Å². The van der Waals surface area contributed by atoms with Gasteiger partial charge in [0.25, 0.3) is 0 Å². The maximum Gasteiger partial charge on any atom is 0.303 e. The number of aryl methyl sites for hydroxylation is 1. The van der Waals surface area contributed by atoms with E-state index in [4.69, 9.17) is 0 Å². The van der Waals surface area contributed by atoms with Gasteiger partial charge in [0.1, 0.15) is 5.75 Å². The van der Waals surface area contributed by atoms with E-state index in [2.05, 4.69) is 29.3 Å². The van der Waals surface area contributed by atoms with Gasteiger partial charge in [-0.1, -0.05) is 93.0 Å². The van der Waals surface area contributed by atoms with Crippen molar-refractivity contribution in [2.45, 2.75) is 133 Å². The third-order valence-electron chi connectivity index (χ3n) is 10.7. The monoisotopic (exact) mass is 717 g/mol. The molecule has 1 aliphatic heterocycles. The highest BCUT2D eigenvalue weighted by Gasteiger charge is 2.38. The predicted molar refractivity (Wildman–Crippen MR) is 203 cm³/mol. The molecule has 0 radical (unpaired) electrons. The minimum atomic E-state index is -1.37. The summed E-state index contributed by atoms with van der Waals surface area (Å²) in [5.74, 6) is 5.51. The number of hydrogen-bond donors (Lipinski definition) is 8. The zero-order valence-corrected chi connectivity index (χ0v) is 30.8. The summed E-state index contributed by atoms with van der Waals surface area (Å²) < 4.78 is 0. The molecule has 0 aromatic heterocycles. The van der Waals surface area contributed by atoms with Crippen LogP contribution in [0.1, 0.15) is 113 Å². The first kappa shape index (κ1) is 41.3. The Labute approximate surface area is 309 Å². The van der Waals surface area contributed by atoms with Crippen LogP contribution in [0.4, 0.5) is 0 Å². The highest BCUT2D eigenvalue weighted by atomic mass is 16.4. The van der Waals surface area contributed by atoms with E-state index >= 15 is 0 Å². The van der Waals surface area contributed by atoms with Gasteiger partial charge in [-0.25, -0.2) is 0 Å². The number of carboxylic acids is 1. The van der Waals surface area contributed by atoms with E-state index < -0.39 is 42.4 Å². The molecule has 0 unspecified atom stereocenters. The number of phenolic OH excluding ortho intramolecular Hbond substituents is 1. The van der Waals surface area contributed by atoms with E-state index in [9.17, 15) is 40.5 Å². The third-order valence-corrected chi connectivity index (χ3v) is 10.7. The number of aliphatic hydroxyl groups is 5. The maximum absolute atomic E-state index is 12.2. The van der Waals surface area contributed by atoms with Gasteiger partial charge in [-0.15, -0.1) is 0 Å². The fraction of sp³-hybridized carbons (Fsp3) is 0.558. The van der Waals surface area contributed by atoms with E-state index in [1.54, 1.807) is 37.3 Å². The van der Waals surface area contributed by atoms with Crippen LogP contribution in [0.15, 0.2) is 71.8 Å². The lowest BCUT2D eigenvalue weighted by Crippen LogP contribution is -2.50. The van der Waals surface area contributed by atoms with Gasteiger partial charge in [-0.3, -0.25) is 4.79 Å². The van der Waals surface area contributed by atoms with Crippen LogP contribution < -0.4 is 5.32 Å². The molecule has 9 nitrogen and oxygen atoms in total. The average Bonchev–Trinajstić information content (AvgIpc) is 3.12. The Bertz CT molecular complexity index is 1550. The van der Waals surface area contributed by atoms with Crippen molar-refractivity contribution in [2.75, 3.05) is 13.2 Å². The smallest absolute Gasteiger partial charge is 0.303 e. The standard InChI is InChI=1S/C43H59NO8/c1-3-4-13-39(48)40(49)24-20-30-16-15-29-10-8-9-12-36(29)32-19-23-38(31-17-21-34(46)22-18-31)43(2,52)28-44-42(37(30)26-35(47)27-45)33(25-32)11-6-5-7-14-41(50)51/h8-10,12,17-18,20-22,24,32-33,35,38-40,42,44-49,52H,3-7,11,13-16,25-28H2,1-2H3,(H,50,51)/t32-,33+,35+,38+,39+,40-,42-,43-/m1/s1. The molecule has 1 heterocycles. The maximum atomic E-state index is 12.2. The second-order valence-electron chi connectivity index (χ2n) is 14.9. The Kier molecular flexibility index (Phi) is 15.9. The molecule has 9 heteroatoms. The van der Waals surface area contributed by atoms with Gasteiger partial charge in [0.2, 0.25) is 0 Å². The van der Waals surface area contributed by atoms with Crippen molar-refractivity contribution in [1.29, 1.82) is 0 Å². The first-order valence-corrected chi connectivity index (χ1v) is 19.0. The fourth-order valence-electron chi connectivity index (χ4n) is 7.71. The molecule has 8 atom stereocenters. The number of carbonyl (C=O) groups is 1. The van der Waals surface area contributed by atoms with Gasteiger partial charge in [0.05, 0.1) is 36.4 Å². The number of benzene rings is 2. The molecule has 2 bridgehead atoms. The van der Waals surface area contributed by atoms with Crippen molar-refractivity contribution in [3.63, 3.8) is 0 Å². The topological polar surface area (TPSA) is 171 Å². The Morgan fingerprint density at radius 1 is 1.02 bits per heavy atom. The molecule has 2 aliphatic rings. The number of nitrogens with one attached hydrogen (secondary N) is 1. The molecule has 0 fully saturated rings. The van der Waals surface area contributed by atoms with Crippen molar-refractivity contribution < 1.29 is 40.5 Å². The molecule has 52 heavy (non-hydrogen) atoms. The van der Waals surface area contributed by atoms with Crippen molar-refractivity contribution in [1.82, 2.24) is 5.32 Å². The second kappa shape index (κ2) is 20.1. The zero-order valence-electron chi connectivity index (χ0n) is 30.8. The average molecular weight is 718 g/mol. The van der Waals surface area contributed by atoms with Gasteiger partial charge in [-0.05, 0) is 97.8 Å². The molecule has 0 amide bonds. The minimum absolute atomic E-state index is 0.0549. The Hall–Kier alpha value is -3.49. The number of β-amino-alcohol motifs (C(OH)–C–C–N with tert-alkyl or cyclic N) is 1. The number of fused-ring (bicyclic) bond motifs is 5. The first-order chi connectivity index (χ1) is 24.9. The number of unbranched alkanes of at least 4 members (excludes halogenated alkanes) is 3. The first-order valence-electron chi connectivity index (χ1n) is 19.0. The van der Waals surface area contributed by atoms with Crippen molar-refractivity contribution in [2.24, 2.45) is 5.92 Å². The molecular formula is C43H59NO8. The largest absolute Gasteiger partial charge is 0.508 e. The molecule has 284 valence electrons. The lowest BCUT2D eigenvalue weighted by atomic mass is 9.73. The van der Waals surface area contributed by atoms with Gasteiger partial charge in [0, 0.05) is 24.9 Å². The Morgan fingerprint density at radius 3 is 2.48 bits per heavy atom. The van der Waals surface area contributed by atoms with Crippen LogP contribution in [0.2, 0.25) is 0 Å². The van der Waals surface area contributed by atoms with E-state index in [1.165, 1.54) is 0 Å². The lowest BCUT2D eigenvalue weighted by Gasteiger charge is -2.39. The SMILES string of the molecule is CCCC[C@H](O)[C@H](O)C=CC1=C(C[C@H](O)CO)[C@@H]2NC[C@@](C)(O)[C@H](c3ccc(O)cc3)C#C[C@H](C[C@@H]2CCCCCC(=O)O)c2ccccc2CC1. The summed E-state index contributed by atoms with van der Waals surface area (Å²) in [6.45, 7) is 3.48. The van der Waals surface area contributed by atoms with Gasteiger partial charge in [-0.2, -0.15) is 0 Å². The van der Waals surface area contributed by atoms with Crippen LogP contribution in [0.3, 0.4) is 0 Å². The fourth-order valence-corrected chi connectivity index (χ4v) is 7.71. The lowest BCUT2D eigenvalue weighted by molar-refractivity contribution is -0.137. The van der Waals surface area contributed by atoms with Crippen molar-refractivity contribution >= 4 is 5.97 Å². The third kappa shape index (κ3) is 11.8. The summed E-state index contributed by atoms with van der Waals surface area (Å²) in [5, 5.41) is 78.0. The summed E-state index contributed by atoms with van der Waals surface area (Å²) in [6.07, 6.45) is 7.52. The number of aliphatic hydroxyl groups excluding tert-OH is 4. The summed E-state index contributed by atoms with van der Waals surface area (Å²) >= 11 is 0. The van der Waals surface area contributed by atoms with Gasteiger partial charge >= 0.3 is 5.97 Å². The molecule has 8 N–H and O–H groups in total. The van der Waals surface area contributed by atoms with E-state index in [0.717, 1.165) is 59.9 Å². The molecule has 4 rings (SSSR count). The summed E-state index contributed by atoms with van der Waals surface area (Å²) in [5.41, 5.74) is 3.38. The number of carboxylic acid groups (broad SMARTS) is 1. The van der Waals surface area contributed by atoms with Crippen LogP contribution in [-0.4, -0.2) is 84.8 Å². The summed E-state index contributed by atoms with van der Waals surface area (Å²) in [6, 6.07) is 14.6. The molecule has 0 spiro atoms. The molecule has 2 aromatic rings. The number of allylic oxidation sites excluding steroid dienone is 2. The van der Waals surface area contributed by atoms with Gasteiger partial charge in [0.15, 0.2) is 0 Å². The normalized spacial score (nSPS) is 25.5. The second-order valence-corrected chi connectivity index (χ2v) is 14.9.